The SMILES string of the molecule is CC(NCc1cnc(N)s1)c1ccc(Cl)s1. The Morgan fingerprint density at radius 2 is 2.31 bits per heavy atom. The maximum absolute atomic E-state index is 5.89. The van der Waals surface area contributed by atoms with Crippen LogP contribution in [0.2, 0.25) is 4.34 Å². The minimum Gasteiger partial charge on any atom is -0.375 e. The molecule has 6 heteroatoms. The second kappa shape index (κ2) is 5.14. The highest BCUT2D eigenvalue weighted by Crippen LogP contribution is 2.27. The largest absolute Gasteiger partial charge is 0.375 e. The molecule has 0 saturated heterocycles. The summed E-state index contributed by atoms with van der Waals surface area (Å²) < 4.78 is 0.825. The van der Waals surface area contributed by atoms with E-state index in [1.54, 1.807) is 17.5 Å². The van der Waals surface area contributed by atoms with Gasteiger partial charge < -0.3 is 11.1 Å². The molecular weight excluding hydrogens is 262 g/mol. The minimum atomic E-state index is 0.292. The molecule has 16 heavy (non-hydrogen) atoms. The number of nitrogens with two attached hydrogens (primary N) is 1. The fourth-order valence-corrected chi connectivity index (χ4v) is 3.04. The lowest BCUT2D eigenvalue weighted by Crippen LogP contribution is -2.16. The molecule has 3 nitrogen and oxygen atoms in total. The van der Waals surface area contributed by atoms with E-state index < -0.39 is 0 Å². The van der Waals surface area contributed by atoms with Gasteiger partial charge in [-0.05, 0) is 19.1 Å². The predicted octanol–water partition coefficient (Wildman–Crippen LogP) is 3.29. The molecule has 0 bridgehead atoms. The van der Waals surface area contributed by atoms with E-state index in [4.69, 9.17) is 17.3 Å². The molecule has 0 aliphatic rings. The Balaban J connectivity index is 1.91. The maximum atomic E-state index is 5.89. The average molecular weight is 274 g/mol. The zero-order chi connectivity index (χ0) is 11.5. The molecule has 2 aromatic rings. The number of nitrogens with one attached hydrogen (secondary N) is 1. The first kappa shape index (κ1) is 11.9. The van der Waals surface area contributed by atoms with E-state index in [1.807, 2.05) is 12.1 Å². The summed E-state index contributed by atoms with van der Waals surface area (Å²) in [6.07, 6.45) is 1.81. The summed E-state index contributed by atoms with van der Waals surface area (Å²) in [5.41, 5.74) is 5.56. The molecule has 0 amide bonds. The van der Waals surface area contributed by atoms with Gasteiger partial charge in [-0.15, -0.1) is 22.7 Å². The van der Waals surface area contributed by atoms with Crippen molar-refractivity contribution >= 4 is 39.4 Å². The first-order valence-corrected chi connectivity index (χ1v) is 6.85. The summed E-state index contributed by atoms with van der Waals surface area (Å²) in [7, 11) is 0. The van der Waals surface area contributed by atoms with Crippen LogP contribution in [0.1, 0.15) is 22.7 Å². The molecule has 86 valence electrons. The number of rotatable bonds is 4. The van der Waals surface area contributed by atoms with Gasteiger partial charge in [0.15, 0.2) is 5.13 Å². The molecule has 2 aromatic heterocycles. The highest BCUT2D eigenvalue weighted by Gasteiger charge is 2.08. The summed E-state index contributed by atoms with van der Waals surface area (Å²) in [5, 5.41) is 4.02. The number of thiazole rings is 1. The van der Waals surface area contributed by atoms with E-state index in [0.717, 1.165) is 15.8 Å². The van der Waals surface area contributed by atoms with Crippen LogP contribution in [0.5, 0.6) is 0 Å². The first-order chi connectivity index (χ1) is 7.65. The third-order valence-electron chi connectivity index (χ3n) is 2.17. The molecule has 2 rings (SSSR count). The van der Waals surface area contributed by atoms with Gasteiger partial charge in [-0.3, -0.25) is 0 Å². The van der Waals surface area contributed by atoms with Crippen LogP contribution in [0.3, 0.4) is 0 Å². The van der Waals surface area contributed by atoms with Crippen LogP contribution in [-0.2, 0) is 6.54 Å². The Kier molecular flexibility index (Phi) is 3.81. The van der Waals surface area contributed by atoms with Gasteiger partial charge in [-0.1, -0.05) is 11.6 Å². The van der Waals surface area contributed by atoms with Gasteiger partial charge in [0.05, 0.1) is 4.34 Å². The van der Waals surface area contributed by atoms with Crippen molar-refractivity contribution in [3.63, 3.8) is 0 Å². The van der Waals surface area contributed by atoms with E-state index in [2.05, 4.69) is 17.2 Å². The number of aromatic nitrogens is 1. The Morgan fingerprint density at radius 1 is 1.50 bits per heavy atom. The third-order valence-corrected chi connectivity index (χ3v) is 4.42. The molecule has 3 N–H and O–H groups in total. The fraction of sp³-hybridized carbons (Fsp3) is 0.300. The zero-order valence-corrected chi connectivity index (χ0v) is 11.1. The van der Waals surface area contributed by atoms with Crippen LogP contribution in [-0.4, -0.2) is 4.98 Å². The van der Waals surface area contributed by atoms with Crippen molar-refractivity contribution in [2.45, 2.75) is 19.5 Å². The summed E-state index contributed by atoms with van der Waals surface area (Å²) in [6.45, 7) is 2.90. The molecular formula is C10H12ClN3S2. The van der Waals surface area contributed by atoms with E-state index in [-0.39, 0.29) is 0 Å². The molecule has 1 atom stereocenters. The van der Waals surface area contributed by atoms with E-state index in [9.17, 15) is 0 Å². The Morgan fingerprint density at radius 3 is 2.88 bits per heavy atom. The highest BCUT2D eigenvalue weighted by molar-refractivity contribution is 7.16. The molecule has 0 aliphatic carbocycles. The molecule has 1 unspecified atom stereocenters. The summed E-state index contributed by atoms with van der Waals surface area (Å²) in [5.74, 6) is 0. The molecule has 0 saturated carbocycles. The number of nitrogens with zero attached hydrogens (tertiary/aromatic N) is 1. The van der Waals surface area contributed by atoms with Gasteiger partial charge in [-0.2, -0.15) is 0 Å². The minimum absolute atomic E-state index is 0.292. The predicted molar refractivity (Wildman–Crippen MR) is 71.1 cm³/mol. The average Bonchev–Trinajstić information content (AvgIpc) is 2.84. The normalized spacial score (nSPS) is 12.9. The van der Waals surface area contributed by atoms with Gasteiger partial charge >= 0.3 is 0 Å². The van der Waals surface area contributed by atoms with Gasteiger partial charge in [0, 0.05) is 28.5 Å². The van der Waals surface area contributed by atoms with Crippen LogP contribution in [0.15, 0.2) is 18.3 Å². The monoisotopic (exact) mass is 273 g/mol. The van der Waals surface area contributed by atoms with Crippen molar-refractivity contribution < 1.29 is 0 Å². The van der Waals surface area contributed by atoms with Crippen LogP contribution in [0.4, 0.5) is 5.13 Å². The van der Waals surface area contributed by atoms with Crippen LogP contribution < -0.4 is 11.1 Å². The molecule has 0 spiro atoms. The third kappa shape index (κ3) is 2.95. The lowest BCUT2D eigenvalue weighted by molar-refractivity contribution is 0.587. The quantitative estimate of drug-likeness (QED) is 0.899. The standard InChI is InChI=1S/C10H12ClN3S2/c1-6(8-2-3-9(11)16-8)13-4-7-5-14-10(12)15-7/h2-3,5-6,13H,4H2,1H3,(H2,12,14). The Bertz CT molecular complexity index is 466. The fourth-order valence-electron chi connectivity index (χ4n) is 1.32. The second-order valence-electron chi connectivity index (χ2n) is 3.41. The molecule has 0 radical (unpaired) electrons. The van der Waals surface area contributed by atoms with Crippen LogP contribution >= 0.6 is 34.3 Å². The number of halogens is 1. The van der Waals surface area contributed by atoms with Crippen molar-refractivity contribution in [2.75, 3.05) is 5.73 Å². The van der Waals surface area contributed by atoms with Crippen LogP contribution in [0.25, 0.3) is 0 Å². The smallest absolute Gasteiger partial charge is 0.180 e. The van der Waals surface area contributed by atoms with Crippen molar-refractivity contribution in [1.29, 1.82) is 0 Å². The van der Waals surface area contributed by atoms with E-state index in [0.29, 0.717) is 11.2 Å². The molecule has 2 heterocycles. The van der Waals surface area contributed by atoms with Crippen molar-refractivity contribution in [3.8, 4) is 0 Å². The summed E-state index contributed by atoms with van der Waals surface area (Å²) in [4.78, 5) is 6.39. The van der Waals surface area contributed by atoms with Gasteiger partial charge in [0.1, 0.15) is 0 Å². The van der Waals surface area contributed by atoms with Gasteiger partial charge in [0.25, 0.3) is 0 Å². The molecule has 0 aromatic carbocycles. The first-order valence-electron chi connectivity index (χ1n) is 4.84. The van der Waals surface area contributed by atoms with E-state index >= 15 is 0 Å². The van der Waals surface area contributed by atoms with Crippen molar-refractivity contribution in [1.82, 2.24) is 10.3 Å². The van der Waals surface area contributed by atoms with Crippen LogP contribution in [0, 0.1) is 0 Å². The lowest BCUT2D eigenvalue weighted by Gasteiger charge is -2.10. The summed E-state index contributed by atoms with van der Waals surface area (Å²) in [6, 6.07) is 4.26. The number of hydrogen-bond acceptors (Lipinski definition) is 5. The zero-order valence-electron chi connectivity index (χ0n) is 8.74. The van der Waals surface area contributed by atoms with E-state index in [1.165, 1.54) is 16.2 Å². The lowest BCUT2D eigenvalue weighted by atomic mass is 10.3. The molecule has 0 fully saturated rings. The molecule has 0 aliphatic heterocycles. The van der Waals surface area contributed by atoms with Crippen molar-refractivity contribution in [2.24, 2.45) is 0 Å². The maximum Gasteiger partial charge on any atom is 0.180 e. The number of thiophene rings is 1. The number of nitrogen functional groups attached to an aromatic ring is 1. The Hall–Kier alpha value is -0.620. The number of hydrogen-bond donors (Lipinski definition) is 2. The Labute approximate surface area is 107 Å². The second-order valence-corrected chi connectivity index (χ2v) is 6.30. The van der Waals surface area contributed by atoms with Gasteiger partial charge in [-0.25, -0.2) is 4.98 Å². The summed E-state index contributed by atoms with van der Waals surface area (Å²) >= 11 is 9.01. The van der Waals surface area contributed by atoms with Crippen molar-refractivity contribution in [3.05, 3.63) is 32.4 Å². The van der Waals surface area contributed by atoms with Gasteiger partial charge in [0.2, 0.25) is 0 Å². The highest BCUT2D eigenvalue weighted by atomic mass is 35.5. The topological polar surface area (TPSA) is 50.9 Å². The number of anilines is 1.